The topological polar surface area (TPSA) is 83.5 Å². The van der Waals surface area contributed by atoms with E-state index in [1.54, 1.807) is 6.92 Å². The van der Waals surface area contributed by atoms with Crippen molar-refractivity contribution in [2.45, 2.75) is 24.8 Å². The predicted octanol–water partition coefficient (Wildman–Crippen LogP) is 2.79. The third-order valence-electron chi connectivity index (χ3n) is 3.02. The number of thiophene rings is 1. The lowest BCUT2D eigenvalue weighted by Crippen LogP contribution is -2.27. The van der Waals surface area contributed by atoms with Crippen molar-refractivity contribution in [3.63, 3.8) is 0 Å². The van der Waals surface area contributed by atoms with Gasteiger partial charge in [0.1, 0.15) is 9.77 Å². The third kappa shape index (κ3) is 3.49. The summed E-state index contributed by atoms with van der Waals surface area (Å²) in [6.45, 7) is 3.66. The van der Waals surface area contributed by atoms with Crippen molar-refractivity contribution in [1.82, 2.24) is 4.72 Å². The standard InChI is InChI=1S/C14H15NO4S2/c1-9-3-5-11(6-4-9)10(2)15-21(18,19)12-7-8-20-13(12)14(16)17/h3-8,10,15H,1-2H3,(H,16,17)/t10-/m0/s1. The summed E-state index contributed by atoms with van der Waals surface area (Å²) in [6.07, 6.45) is 0. The number of aryl methyl sites for hydroxylation is 1. The minimum absolute atomic E-state index is 0.182. The summed E-state index contributed by atoms with van der Waals surface area (Å²) in [4.78, 5) is 10.7. The Balaban J connectivity index is 2.27. The molecule has 0 aliphatic rings. The Morgan fingerprint density at radius 2 is 1.86 bits per heavy atom. The number of hydrogen-bond donors (Lipinski definition) is 2. The highest BCUT2D eigenvalue weighted by Gasteiger charge is 2.25. The summed E-state index contributed by atoms with van der Waals surface area (Å²) < 4.78 is 27.1. The summed E-state index contributed by atoms with van der Waals surface area (Å²) in [7, 11) is -3.87. The zero-order valence-electron chi connectivity index (χ0n) is 11.5. The molecule has 0 saturated carbocycles. The van der Waals surface area contributed by atoms with Crippen LogP contribution in [-0.2, 0) is 10.0 Å². The number of aromatic carboxylic acids is 1. The Labute approximate surface area is 127 Å². The monoisotopic (exact) mass is 325 g/mol. The summed E-state index contributed by atoms with van der Waals surface area (Å²) in [5.74, 6) is -1.24. The minimum Gasteiger partial charge on any atom is -0.477 e. The molecule has 1 heterocycles. The largest absolute Gasteiger partial charge is 0.477 e. The molecule has 21 heavy (non-hydrogen) atoms. The maximum Gasteiger partial charge on any atom is 0.347 e. The second kappa shape index (κ2) is 5.97. The van der Waals surface area contributed by atoms with Crippen LogP contribution in [0.1, 0.15) is 33.8 Å². The third-order valence-corrected chi connectivity index (χ3v) is 5.64. The average Bonchev–Trinajstić information content (AvgIpc) is 2.89. The fraction of sp³-hybridized carbons (Fsp3) is 0.214. The van der Waals surface area contributed by atoms with Crippen LogP contribution in [0.5, 0.6) is 0 Å². The first-order valence-electron chi connectivity index (χ1n) is 6.21. The molecular formula is C14H15NO4S2. The molecule has 1 aromatic heterocycles. The normalized spacial score (nSPS) is 13.0. The molecule has 7 heteroatoms. The number of carboxylic acid groups (broad SMARTS) is 1. The average molecular weight is 325 g/mol. The smallest absolute Gasteiger partial charge is 0.347 e. The molecule has 0 bridgehead atoms. The van der Waals surface area contributed by atoms with E-state index in [9.17, 15) is 13.2 Å². The second-order valence-electron chi connectivity index (χ2n) is 4.67. The van der Waals surface area contributed by atoms with Gasteiger partial charge in [-0.25, -0.2) is 17.9 Å². The first-order chi connectivity index (χ1) is 9.81. The molecule has 0 aliphatic carbocycles. The maximum atomic E-state index is 12.3. The van der Waals surface area contributed by atoms with E-state index >= 15 is 0 Å². The van der Waals surface area contributed by atoms with Gasteiger partial charge in [-0.1, -0.05) is 29.8 Å². The molecular weight excluding hydrogens is 310 g/mol. The van der Waals surface area contributed by atoms with Gasteiger partial charge >= 0.3 is 5.97 Å². The summed E-state index contributed by atoms with van der Waals surface area (Å²) in [5, 5.41) is 10.5. The van der Waals surface area contributed by atoms with Crippen molar-refractivity contribution in [3.05, 3.63) is 51.7 Å². The molecule has 1 aromatic carbocycles. The zero-order chi connectivity index (χ0) is 15.6. The molecule has 0 unspecified atom stereocenters. The number of rotatable bonds is 5. The van der Waals surface area contributed by atoms with Gasteiger partial charge in [0, 0.05) is 6.04 Å². The van der Waals surface area contributed by atoms with Crippen LogP contribution >= 0.6 is 11.3 Å². The predicted molar refractivity (Wildman–Crippen MR) is 81.2 cm³/mol. The van der Waals surface area contributed by atoms with Crippen molar-refractivity contribution in [2.24, 2.45) is 0 Å². The lowest BCUT2D eigenvalue weighted by atomic mass is 10.1. The van der Waals surface area contributed by atoms with Gasteiger partial charge in [-0.3, -0.25) is 0 Å². The number of hydrogen-bond acceptors (Lipinski definition) is 4. The van der Waals surface area contributed by atoms with E-state index in [0.717, 1.165) is 22.5 Å². The van der Waals surface area contributed by atoms with Crippen molar-refractivity contribution >= 4 is 27.3 Å². The number of carboxylic acids is 1. The van der Waals surface area contributed by atoms with Gasteiger partial charge in [-0.2, -0.15) is 0 Å². The Hall–Kier alpha value is -1.70. The van der Waals surface area contributed by atoms with Crippen LogP contribution < -0.4 is 4.72 Å². The molecule has 0 saturated heterocycles. The molecule has 112 valence electrons. The van der Waals surface area contributed by atoms with E-state index in [1.165, 1.54) is 11.4 Å². The molecule has 0 spiro atoms. The zero-order valence-corrected chi connectivity index (χ0v) is 13.2. The number of sulfonamides is 1. The number of nitrogens with one attached hydrogen (secondary N) is 1. The van der Waals surface area contributed by atoms with Crippen LogP contribution in [0.2, 0.25) is 0 Å². The number of benzene rings is 1. The molecule has 0 fully saturated rings. The summed E-state index contributed by atoms with van der Waals surface area (Å²) >= 11 is 0.891. The van der Waals surface area contributed by atoms with E-state index < -0.39 is 22.0 Å². The molecule has 1 atom stereocenters. The Bertz CT molecular complexity index is 748. The molecule has 2 aromatic rings. The molecule has 0 amide bonds. The van der Waals surface area contributed by atoms with Gasteiger partial charge in [-0.15, -0.1) is 11.3 Å². The fourth-order valence-electron chi connectivity index (χ4n) is 1.88. The van der Waals surface area contributed by atoms with Crippen LogP contribution in [0.25, 0.3) is 0 Å². The number of carbonyl (C=O) groups is 1. The van der Waals surface area contributed by atoms with Crippen LogP contribution in [0, 0.1) is 6.92 Å². The van der Waals surface area contributed by atoms with Crippen LogP contribution in [0.15, 0.2) is 40.6 Å². The van der Waals surface area contributed by atoms with Gasteiger partial charge < -0.3 is 5.11 Å². The van der Waals surface area contributed by atoms with Crippen LogP contribution in [0.3, 0.4) is 0 Å². The Morgan fingerprint density at radius 1 is 1.24 bits per heavy atom. The summed E-state index contributed by atoms with van der Waals surface area (Å²) in [5.41, 5.74) is 1.90. The van der Waals surface area contributed by atoms with Crippen molar-refractivity contribution in [1.29, 1.82) is 0 Å². The van der Waals surface area contributed by atoms with E-state index in [4.69, 9.17) is 5.11 Å². The van der Waals surface area contributed by atoms with Gasteiger partial charge in [-0.05, 0) is 30.9 Å². The first-order valence-corrected chi connectivity index (χ1v) is 8.57. The SMILES string of the molecule is Cc1ccc([C@H](C)NS(=O)(=O)c2ccsc2C(=O)O)cc1. The Kier molecular flexibility index (Phi) is 4.46. The van der Waals surface area contributed by atoms with Gasteiger partial charge in [0.25, 0.3) is 0 Å². The lowest BCUT2D eigenvalue weighted by molar-refractivity contribution is 0.0698. The van der Waals surface area contributed by atoms with E-state index in [-0.39, 0.29) is 9.77 Å². The first kappa shape index (κ1) is 15.7. The van der Waals surface area contributed by atoms with Crippen molar-refractivity contribution in [3.8, 4) is 0 Å². The second-order valence-corrected chi connectivity index (χ2v) is 7.27. The maximum absolute atomic E-state index is 12.3. The van der Waals surface area contributed by atoms with Crippen LogP contribution in [-0.4, -0.2) is 19.5 Å². The molecule has 0 aliphatic heterocycles. The summed E-state index contributed by atoms with van der Waals surface area (Å²) in [6, 6.07) is 8.33. The highest BCUT2D eigenvalue weighted by atomic mass is 32.2. The highest BCUT2D eigenvalue weighted by molar-refractivity contribution is 7.89. The Morgan fingerprint density at radius 3 is 2.43 bits per heavy atom. The van der Waals surface area contributed by atoms with Gasteiger partial charge in [0.2, 0.25) is 10.0 Å². The lowest BCUT2D eigenvalue weighted by Gasteiger charge is -2.14. The minimum atomic E-state index is -3.87. The quantitative estimate of drug-likeness (QED) is 0.885. The van der Waals surface area contributed by atoms with Gasteiger partial charge in [0.15, 0.2) is 0 Å². The van der Waals surface area contributed by atoms with Crippen molar-refractivity contribution in [2.75, 3.05) is 0 Å². The highest BCUT2D eigenvalue weighted by Crippen LogP contribution is 2.24. The van der Waals surface area contributed by atoms with Crippen LogP contribution in [0.4, 0.5) is 0 Å². The van der Waals surface area contributed by atoms with E-state index in [2.05, 4.69) is 4.72 Å². The molecule has 2 N–H and O–H groups in total. The van der Waals surface area contributed by atoms with Gasteiger partial charge in [0.05, 0.1) is 0 Å². The van der Waals surface area contributed by atoms with E-state index in [1.807, 2.05) is 31.2 Å². The molecule has 0 radical (unpaired) electrons. The van der Waals surface area contributed by atoms with Crippen molar-refractivity contribution < 1.29 is 18.3 Å². The van der Waals surface area contributed by atoms with E-state index in [0.29, 0.717) is 0 Å². The fourth-order valence-corrected chi connectivity index (χ4v) is 4.38. The molecule has 2 rings (SSSR count). The molecule has 5 nitrogen and oxygen atoms in total.